The first-order valence-electron chi connectivity index (χ1n) is 8.22. The van der Waals surface area contributed by atoms with Gasteiger partial charge in [-0.1, -0.05) is 48.5 Å². The maximum atomic E-state index is 10.6. The van der Waals surface area contributed by atoms with Crippen molar-refractivity contribution in [3.05, 3.63) is 60.2 Å². The molecule has 0 bridgehead atoms. The van der Waals surface area contributed by atoms with Gasteiger partial charge in [-0.05, 0) is 29.7 Å². The average molecular weight is 382 g/mol. The molecular weight excluding hydrogens is 361 g/mol. The van der Waals surface area contributed by atoms with Crippen LogP contribution in [0, 0.1) is 0 Å². The fourth-order valence-corrected chi connectivity index (χ4v) is 2.70. The van der Waals surface area contributed by atoms with Crippen LogP contribution < -0.4 is 11.1 Å². The molecule has 8 heteroatoms. The van der Waals surface area contributed by atoms with Crippen molar-refractivity contribution in [2.45, 2.75) is 24.9 Å². The molecular formula is C19H21F3N2O3. The minimum Gasteiger partial charge on any atom is -0.475 e. The average Bonchev–Trinajstić information content (AvgIpc) is 2.62. The Morgan fingerprint density at radius 1 is 1.19 bits per heavy atom. The molecule has 2 aromatic rings. The lowest BCUT2D eigenvalue weighted by Gasteiger charge is -2.38. The van der Waals surface area contributed by atoms with Crippen LogP contribution in [0.3, 0.4) is 0 Å². The summed E-state index contributed by atoms with van der Waals surface area (Å²) in [6.07, 6.45) is -5.34. The van der Waals surface area contributed by atoms with E-state index in [-0.39, 0.29) is 11.8 Å². The summed E-state index contributed by atoms with van der Waals surface area (Å²) >= 11 is 0. The molecule has 2 aromatic carbocycles. The Hall–Kier alpha value is -2.42. The van der Waals surface area contributed by atoms with Crippen LogP contribution in [0.2, 0.25) is 0 Å². The quantitative estimate of drug-likeness (QED) is 0.743. The Labute approximate surface area is 154 Å². The highest BCUT2D eigenvalue weighted by atomic mass is 19.4. The first-order chi connectivity index (χ1) is 12.6. The fourth-order valence-electron chi connectivity index (χ4n) is 2.70. The van der Waals surface area contributed by atoms with Crippen LogP contribution in [0.4, 0.5) is 13.2 Å². The Morgan fingerprint density at radius 3 is 2.33 bits per heavy atom. The van der Waals surface area contributed by atoms with Crippen molar-refractivity contribution in [3.8, 4) is 11.1 Å². The van der Waals surface area contributed by atoms with E-state index in [1.165, 1.54) is 11.1 Å². The van der Waals surface area contributed by atoms with Crippen LogP contribution in [-0.2, 0) is 15.1 Å². The van der Waals surface area contributed by atoms with E-state index in [1.54, 1.807) is 0 Å². The molecule has 4 N–H and O–H groups in total. The largest absolute Gasteiger partial charge is 0.490 e. The number of carbonyl (C=O) groups is 1. The molecule has 0 aromatic heterocycles. The van der Waals surface area contributed by atoms with E-state index in [1.807, 2.05) is 6.07 Å². The van der Waals surface area contributed by atoms with Crippen molar-refractivity contribution in [2.75, 3.05) is 13.1 Å². The van der Waals surface area contributed by atoms with Gasteiger partial charge in [-0.3, -0.25) is 0 Å². The number of morpholine rings is 1. The molecule has 1 heterocycles. The number of nitrogens with two attached hydrogens (primary N) is 1. The zero-order chi connectivity index (χ0) is 20.1. The summed E-state index contributed by atoms with van der Waals surface area (Å²) in [4.78, 5) is 8.90. The number of halogens is 3. The first kappa shape index (κ1) is 20.9. The summed E-state index contributed by atoms with van der Waals surface area (Å²) in [5.74, 6) is -2.76. The number of benzene rings is 2. The number of hydrogen-bond acceptors (Lipinski definition) is 4. The van der Waals surface area contributed by atoms with Crippen molar-refractivity contribution in [3.63, 3.8) is 0 Å². The summed E-state index contributed by atoms with van der Waals surface area (Å²) in [7, 11) is 0. The third-order valence-corrected chi connectivity index (χ3v) is 4.04. The highest BCUT2D eigenvalue weighted by Gasteiger charge is 2.38. The number of alkyl halides is 3. The van der Waals surface area contributed by atoms with Gasteiger partial charge in [0.25, 0.3) is 0 Å². The number of rotatable bonds is 2. The fraction of sp³-hybridized carbons (Fsp3) is 0.316. The van der Waals surface area contributed by atoms with Gasteiger partial charge in [0.05, 0.1) is 0 Å². The summed E-state index contributed by atoms with van der Waals surface area (Å²) in [6, 6.07) is 18.9. The summed E-state index contributed by atoms with van der Waals surface area (Å²) in [5, 5.41) is 10.5. The van der Waals surface area contributed by atoms with Gasteiger partial charge < -0.3 is 20.9 Å². The highest BCUT2D eigenvalue weighted by Crippen LogP contribution is 2.30. The molecule has 0 radical (unpaired) electrons. The van der Waals surface area contributed by atoms with E-state index >= 15 is 0 Å². The van der Waals surface area contributed by atoms with Crippen molar-refractivity contribution >= 4 is 5.97 Å². The van der Waals surface area contributed by atoms with E-state index in [4.69, 9.17) is 20.4 Å². The third-order valence-electron chi connectivity index (χ3n) is 4.04. The molecule has 3 rings (SSSR count). The number of nitrogens with one attached hydrogen (secondary N) is 1. The van der Waals surface area contributed by atoms with Gasteiger partial charge in [0.1, 0.15) is 11.8 Å². The molecule has 1 saturated heterocycles. The van der Waals surface area contributed by atoms with Gasteiger partial charge in [0, 0.05) is 13.1 Å². The van der Waals surface area contributed by atoms with Crippen LogP contribution in [-0.4, -0.2) is 36.6 Å². The van der Waals surface area contributed by atoms with Crippen LogP contribution in [0.25, 0.3) is 11.1 Å². The highest BCUT2D eigenvalue weighted by molar-refractivity contribution is 5.73. The van der Waals surface area contributed by atoms with Crippen molar-refractivity contribution in [2.24, 2.45) is 5.73 Å². The number of aliphatic carboxylic acids is 1. The Kier molecular flexibility index (Phi) is 6.59. The molecule has 0 spiro atoms. The van der Waals surface area contributed by atoms with Gasteiger partial charge in [0.2, 0.25) is 0 Å². The zero-order valence-corrected chi connectivity index (χ0v) is 14.7. The van der Waals surface area contributed by atoms with Gasteiger partial charge in [-0.15, -0.1) is 0 Å². The lowest BCUT2D eigenvalue weighted by molar-refractivity contribution is -0.192. The Balaban J connectivity index is 0.000000321. The van der Waals surface area contributed by atoms with Crippen LogP contribution >= 0.6 is 0 Å². The van der Waals surface area contributed by atoms with E-state index in [2.05, 4.69) is 60.8 Å². The SMILES string of the molecule is CC1(c2cccc(-c3ccccc3)c2)CNCC(N)O1.O=C(O)C(F)(F)F. The van der Waals surface area contributed by atoms with Gasteiger partial charge in [-0.2, -0.15) is 13.2 Å². The van der Waals surface area contributed by atoms with Gasteiger partial charge in [-0.25, -0.2) is 4.79 Å². The van der Waals surface area contributed by atoms with E-state index in [9.17, 15) is 13.2 Å². The van der Waals surface area contributed by atoms with Crippen LogP contribution in [0.1, 0.15) is 12.5 Å². The second-order valence-electron chi connectivity index (χ2n) is 6.27. The Morgan fingerprint density at radius 2 is 1.78 bits per heavy atom. The molecule has 5 nitrogen and oxygen atoms in total. The lowest BCUT2D eigenvalue weighted by atomic mass is 9.91. The summed E-state index contributed by atoms with van der Waals surface area (Å²) in [5.41, 5.74) is 9.11. The second kappa shape index (κ2) is 8.51. The van der Waals surface area contributed by atoms with E-state index in [0.717, 1.165) is 12.1 Å². The topological polar surface area (TPSA) is 84.6 Å². The Bertz CT molecular complexity index is 768. The molecule has 146 valence electrons. The molecule has 2 atom stereocenters. The molecule has 1 aliphatic rings. The van der Waals surface area contributed by atoms with Gasteiger partial charge >= 0.3 is 12.1 Å². The predicted octanol–water partition coefficient (Wildman–Crippen LogP) is 3.11. The normalized spacial score (nSPS) is 22.5. The standard InChI is InChI=1S/C17H20N2O.C2HF3O2/c1-17(12-19-11-16(18)20-17)15-9-5-8-14(10-15)13-6-3-2-4-7-13;3-2(4,5)1(6)7/h2-10,16,19H,11-12,18H2,1H3;(H,6,7). The molecule has 0 amide bonds. The van der Waals surface area contributed by atoms with Crippen molar-refractivity contribution in [1.29, 1.82) is 0 Å². The lowest BCUT2D eigenvalue weighted by Crippen LogP contribution is -2.53. The number of carboxylic acid groups (broad SMARTS) is 1. The maximum Gasteiger partial charge on any atom is 0.490 e. The molecule has 0 saturated carbocycles. The van der Waals surface area contributed by atoms with E-state index in [0.29, 0.717) is 6.54 Å². The van der Waals surface area contributed by atoms with Crippen molar-refractivity contribution in [1.82, 2.24) is 5.32 Å². The minimum absolute atomic E-state index is 0.255. The summed E-state index contributed by atoms with van der Waals surface area (Å²) < 4.78 is 37.7. The number of ether oxygens (including phenoxy) is 1. The molecule has 27 heavy (non-hydrogen) atoms. The predicted molar refractivity (Wildman–Crippen MR) is 94.9 cm³/mol. The number of carboxylic acids is 1. The van der Waals surface area contributed by atoms with Gasteiger partial charge in [0.15, 0.2) is 0 Å². The molecule has 2 unspecified atom stereocenters. The monoisotopic (exact) mass is 382 g/mol. The first-order valence-corrected chi connectivity index (χ1v) is 8.22. The molecule has 1 fully saturated rings. The number of hydrogen-bond donors (Lipinski definition) is 3. The van der Waals surface area contributed by atoms with Crippen LogP contribution in [0.15, 0.2) is 54.6 Å². The third kappa shape index (κ3) is 5.78. The van der Waals surface area contributed by atoms with Crippen molar-refractivity contribution < 1.29 is 27.8 Å². The second-order valence-corrected chi connectivity index (χ2v) is 6.27. The maximum absolute atomic E-state index is 10.6. The van der Waals surface area contributed by atoms with Crippen LogP contribution in [0.5, 0.6) is 0 Å². The minimum atomic E-state index is -5.08. The summed E-state index contributed by atoms with van der Waals surface area (Å²) in [6.45, 7) is 3.57. The molecule has 1 aliphatic heterocycles. The molecule has 0 aliphatic carbocycles. The van der Waals surface area contributed by atoms with E-state index < -0.39 is 12.1 Å². The smallest absolute Gasteiger partial charge is 0.475 e. The zero-order valence-electron chi connectivity index (χ0n) is 14.7.